The Morgan fingerprint density at radius 1 is 0.714 bits per heavy atom. The highest BCUT2D eigenvalue weighted by Crippen LogP contribution is 2.44. The molecular weight excluding hydrogens is 796 g/mol. The van der Waals surface area contributed by atoms with Crippen molar-refractivity contribution in [1.82, 2.24) is 29.5 Å². The third-order valence-corrected chi connectivity index (χ3v) is 13.4. The molecule has 2 heterocycles. The van der Waals surface area contributed by atoms with Crippen LogP contribution in [0.2, 0.25) is 0 Å². The van der Waals surface area contributed by atoms with Gasteiger partial charge in [0, 0.05) is 29.3 Å². The lowest BCUT2D eigenvalue weighted by molar-refractivity contribution is 0.396. The predicted molar refractivity (Wildman–Crippen MR) is 214 cm³/mol. The van der Waals surface area contributed by atoms with E-state index in [1.165, 1.54) is 46.7 Å². The third-order valence-electron chi connectivity index (χ3n) is 9.08. The summed E-state index contributed by atoms with van der Waals surface area (Å²) in [5.41, 5.74) is 3.42. The van der Waals surface area contributed by atoms with Crippen LogP contribution in [0.1, 0.15) is 21.7 Å². The van der Waals surface area contributed by atoms with Crippen LogP contribution in [0, 0.1) is 6.92 Å². The number of para-hydroxylation sites is 1. The first-order valence-corrected chi connectivity index (χ1v) is 21.6. The molecule has 0 aliphatic heterocycles. The third kappa shape index (κ3) is 7.97. The monoisotopic (exact) mass is 830 g/mol. The van der Waals surface area contributed by atoms with E-state index in [9.17, 15) is 8.42 Å². The minimum absolute atomic E-state index is 0.00522. The Kier molecular flexibility index (Phi) is 11.1. The van der Waals surface area contributed by atoms with Crippen molar-refractivity contribution in [1.29, 1.82) is 0 Å². The lowest BCUT2D eigenvalue weighted by Gasteiger charge is -2.26. The number of halogens is 1. The topological polar surface area (TPSA) is 156 Å². The first-order chi connectivity index (χ1) is 26.9. The van der Waals surface area contributed by atoms with Crippen molar-refractivity contribution in [3.05, 3.63) is 125 Å². The maximum absolute atomic E-state index is 15.6. The smallest absolute Gasteiger partial charge is 0.262 e. The van der Waals surface area contributed by atoms with Gasteiger partial charge >= 0.3 is 0 Å². The second kappa shape index (κ2) is 16.0. The van der Waals surface area contributed by atoms with Crippen LogP contribution in [0.25, 0.3) is 32.7 Å². The van der Waals surface area contributed by atoms with Crippen molar-refractivity contribution in [3.63, 3.8) is 0 Å². The Balaban J connectivity index is 1.51. The van der Waals surface area contributed by atoms with Crippen molar-refractivity contribution in [2.45, 2.75) is 36.3 Å². The number of rotatable bonds is 14. The van der Waals surface area contributed by atoms with Gasteiger partial charge in [-0.05, 0) is 88.1 Å². The van der Waals surface area contributed by atoms with Gasteiger partial charge in [0.15, 0.2) is 5.82 Å². The van der Waals surface area contributed by atoms with Crippen LogP contribution in [0.4, 0.5) is 0 Å². The molecule has 0 saturated heterocycles. The van der Waals surface area contributed by atoms with Crippen molar-refractivity contribution in [2.24, 2.45) is 0 Å². The molecule has 7 rings (SSSR count). The summed E-state index contributed by atoms with van der Waals surface area (Å²) < 4.78 is 77.8. The van der Waals surface area contributed by atoms with Crippen molar-refractivity contribution >= 4 is 51.3 Å². The molecule has 0 N–H and O–H groups in total. The Morgan fingerprint density at radius 3 is 1.80 bits per heavy atom. The molecule has 0 radical (unpaired) electrons. The van der Waals surface area contributed by atoms with E-state index < -0.39 is 28.9 Å². The van der Waals surface area contributed by atoms with Crippen molar-refractivity contribution in [2.75, 3.05) is 21.3 Å². The SMILES string of the molecule is COc1ccc(CN(Cc2ccc(OC)cc2)S(=O)(=O)c2c(S(=O)(=O)Cl)ccc(-c3cccc4sc(C)nc34)c2-c2nnnn2Cc2ccc(OC)cc2)cc1. The van der Waals surface area contributed by atoms with Gasteiger partial charge in [0.05, 0.1) is 48.7 Å². The summed E-state index contributed by atoms with van der Waals surface area (Å²) in [5, 5.41) is 13.4. The zero-order valence-electron chi connectivity index (χ0n) is 30.6. The number of thiazole rings is 1. The Morgan fingerprint density at radius 2 is 1.27 bits per heavy atom. The number of benzene rings is 5. The molecule has 2 aromatic heterocycles. The highest BCUT2D eigenvalue weighted by atomic mass is 35.7. The van der Waals surface area contributed by atoms with Gasteiger partial charge in [-0.2, -0.15) is 4.31 Å². The normalized spacial score (nSPS) is 12.0. The number of aryl methyl sites for hydroxylation is 1. The summed E-state index contributed by atoms with van der Waals surface area (Å²) in [6.07, 6.45) is 0. The largest absolute Gasteiger partial charge is 0.497 e. The number of ether oxygens (including phenoxy) is 3. The van der Waals surface area contributed by atoms with Crippen LogP contribution in [-0.2, 0) is 38.7 Å². The predicted octanol–water partition coefficient (Wildman–Crippen LogP) is 7.32. The van der Waals surface area contributed by atoms with Gasteiger partial charge in [-0.15, -0.1) is 16.4 Å². The number of hydrogen-bond donors (Lipinski definition) is 0. The number of nitrogens with zero attached hydrogens (tertiary/aromatic N) is 6. The molecule has 0 unspecified atom stereocenters. The number of sulfonamides is 1. The first kappa shape index (κ1) is 38.9. The molecule has 0 fully saturated rings. The molecule has 0 bridgehead atoms. The summed E-state index contributed by atoms with van der Waals surface area (Å²) in [6.45, 7) is 1.67. The van der Waals surface area contributed by atoms with E-state index in [0.29, 0.717) is 45.0 Å². The molecule has 5 aromatic carbocycles. The molecule has 0 aliphatic rings. The molecule has 0 spiro atoms. The number of tetrazole rings is 1. The van der Waals surface area contributed by atoms with Crippen molar-refractivity contribution in [3.8, 4) is 39.8 Å². The van der Waals surface area contributed by atoms with Gasteiger partial charge in [0.1, 0.15) is 27.0 Å². The van der Waals surface area contributed by atoms with Crippen LogP contribution < -0.4 is 14.2 Å². The fourth-order valence-corrected chi connectivity index (χ4v) is 10.6. The average Bonchev–Trinajstić information content (AvgIpc) is 3.82. The van der Waals surface area contributed by atoms with Gasteiger partial charge in [-0.25, -0.2) is 26.5 Å². The van der Waals surface area contributed by atoms with Gasteiger partial charge < -0.3 is 14.2 Å². The lowest BCUT2D eigenvalue weighted by Crippen LogP contribution is -2.32. The summed E-state index contributed by atoms with van der Waals surface area (Å²) in [6, 6.07) is 29.3. The van der Waals surface area contributed by atoms with E-state index in [1.807, 2.05) is 31.2 Å². The zero-order valence-corrected chi connectivity index (χ0v) is 33.8. The van der Waals surface area contributed by atoms with Crippen LogP contribution >= 0.6 is 22.0 Å². The summed E-state index contributed by atoms with van der Waals surface area (Å²) in [4.78, 5) is 3.57. The Labute approximate surface area is 332 Å². The maximum Gasteiger partial charge on any atom is 0.262 e. The average molecular weight is 831 g/mol. The Hall–Kier alpha value is -5.39. The molecule has 17 heteroatoms. The van der Waals surface area contributed by atoms with E-state index in [1.54, 1.807) is 73.8 Å². The second-order valence-electron chi connectivity index (χ2n) is 12.6. The molecule has 0 aliphatic carbocycles. The minimum Gasteiger partial charge on any atom is -0.497 e. The molecule has 0 amide bonds. The molecule has 288 valence electrons. The summed E-state index contributed by atoms with van der Waals surface area (Å²) >= 11 is 1.47. The fourth-order valence-electron chi connectivity index (χ4n) is 6.35. The van der Waals surface area contributed by atoms with Crippen LogP contribution in [-0.4, -0.2) is 67.7 Å². The molecular formula is C39H35ClN6O7S3. The second-order valence-corrected chi connectivity index (χ2v) is 18.3. The lowest BCUT2D eigenvalue weighted by atomic mass is 9.98. The van der Waals surface area contributed by atoms with Crippen LogP contribution in [0.15, 0.2) is 113 Å². The van der Waals surface area contributed by atoms with E-state index in [0.717, 1.165) is 15.3 Å². The van der Waals surface area contributed by atoms with Gasteiger partial charge in [0.25, 0.3) is 9.05 Å². The van der Waals surface area contributed by atoms with E-state index in [2.05, 4.69) is 15.5 Å². The molecule has 0 saturated carbocycles. The van der Waals surface area contributed by atoms with Gasteiger partial charge in [-0.3, -0.25) is 0 Å². The summed E-state index contributed by atoms with van der Waals surface area (Å²) in [7, 11) is 1.27. The van der Waals surface area contributed by atoms with E-state index in [4.69, 9.17) is 29.9 Å². The standard InChI is InChI=1S/C39H35ClN6O7S3/c1-25-41-37-33(6-5-7-34(37)54-25)32-20-21-35(55(40,47)48)38(36(32)39-42-43-44-46(39)24-28-12-18-31(53-4)19-13-28)56(49,50)45(22-26-8-14-29(51-2)15-9-26)23-27-10-16-30(52-3)17-11-27/h5-21H,22-24H2,1-4H3. The number of hydrogen-bond acceptors (Lipinski definition) is 12. The van der Waals surface area contributed by atoms with E-state index in [-0.39, 0.29) is 31.0 Å². The first-order valence-electron chi connectivity index (χ1n) is 17.0. The number of methoxy groups -OCH3 is 3. The molecule has 0 atom stereocenters. The van der Waals surface area contributed by atoms with Gasteiger partial charge in [0.2, 0.25) is 10.0 Å². The Bertz CT molecular complexity index is 2690. The maximum atomic E-state index is 15.6. The quantitative estimate of drug-likeness (QED) is 0.101. The fraction of sp³-hybridized carbons (Fsp3) is 0.179. The molecule has 13 nitrogen and oxygen atoms in total. The molecule has 56 heavy (non-hydrogen) atoms. The summed E-state index contributed by atoms with van der Waals surface area (Å²) in [5.74, 6) is 1.80. The van der Waals surface area contributed by atoms with E-state index >= 15 is 8.42 Å². The highest BCUT2D eigenvalue weighted by Gasteiger charge is 2.38. The molecule has 7 aromatic rings. The number of aromatic nitrogens is 5. The number of fused-ring (bicyclic) bond motifs is 1. The van der Waals surface area contributed by atoms with Crippen molar-refractivity contribution < 1.29 is 31.0 Å². The highest BCUT2D eigenvalue weighted by molar-refractivity contribution is 8.14. The van der Waals surface area contributed by atoms with Crippen LogP contribution in [0.3, 0.4) is 0 Å². The van der Waals surface area contributed by atoms with Gasteiger partial charge in [-0.1, -0.05) is 54.6 Å². The minimum atomic E-state index is -4.81. The van der Waals surface area contributed by atoms with Crippen LogP contribution in [0.5, 0.6) is 17.2 Å². The zero-order chi connectivity index (χ0) is 39.6.